The third-order valence-corrected chi connectivity index (χ3v) is 8.43. The molecule has 20 heavy (non-hydrogen) atoms. The second kappa shape index (κ2) is 5.93. The Hall–Kier alpha value is -1.40. The minimum absolute atomic E-state index is 0.0137. The Morgan fingerprint density at radius 1 is 1.40 bits per heavy atom. The molecular weight excluding hydrogens is 272 g/mol. The summed E-state index contributed by atoms with van der Waals surface area (Å²) in [5, 5.41) is 0.132. The molecule has 0 aromatic carbocycles. The summed E-state index contributed by atoms with van der Waals surface area (Å²) in [7, 11) is -1.82. The fourth-order valence-electron chi connectivity index (χ4n) is 1.52. The van der Waals surface area contributed by atoms with Gasteiger partial charge in [-0.3, -0.25) is 9.59 Å². The Morgan fingerprint density at radius 2 is 2.00 bits per heavy atom. The zero-order valence-electron chi connectivity index (χ0n) is 12.9. The van der Waals surface area contributed by atoms with Gasteiger partial charge in [-0.15, -0.1) is 0 Å². The van der Waals surface area contributed by atoms with E-state index >= 15 is 0 Å². The highest BCUT2D eigenvalue weighted by molar-refractivity contribution is 6.74. The summed E-state index contributed by atoms with van der Waals surface area (Å²) >= 11 is 0. The Bertz CT molecular complexity index is 544. The van der Waals surface area contributed by atoms with Crippen molar-refractivity contribution in [3.05, 3.63) is 34.2 Å². The van der Waals surface area contributed by atoms with E-state index in [-0.39, 0.29) is 16.2 Å². The summed E-state index contributed by atoms with van der Waals surface area (Å²) in [5.41, 5.74) is 4.81. The van der Waals surface area contributed by atoms with E-state index in [0.717, 1.165) is 0 Å². The number of rotatable bonds is 5. The van der Waals surface area contributed by atoms with Gasteiger partial charge in [0.25, 0.3) is 11.5 Å². The van der Waals surface area contributed by atoms with Crippen LogP contribution in [0.2, 0.25) is 18.1 Å². The van der Waals surface area contributed by atoms with Crippen molar-refractivity contribution < 1.29 is 9.22 Å². The number of amides is 1. The summed E-state index contributed by atoms with van der Waals surface area (Å²) in [6, 6.07) is 3.09. The molecule has 5 nitrogen and oxygen atoms in total. The van der Waals surface area contributed by atoms with Crippen LogP contribution >= 0.6 is 0 Å². The molecule has 0 atom stereocenters. The van der Waals surface area contributed by atoms with Crippen LogP contribution < -0.4 is 11.3 Å². The molecule has 0 fully saturated rings. The standard InChI is InChI=1S/C14H24N2O3Si/c1-14(2,3)20(4,5)19-10-9-16-8-6-7-11(12(15)17)13(16)18/h6-8H,9-10H2,1-5H3,(H2,15,17). The third kappa shape index (κ3) is 3.80. The second-order valence-corrected chi connectivity index (χ2v) is 11.2. The predicted octanol–water partition coefficient (Wildman–Crippen LogP) is 1.97. The Kier molecular flexibility index (Phi) is 4.93. The quantitative estimate of drug-likeness (QED) is 0.844. The molecule has 0 saturated heterocycles. The average molecular weight is 296 g/mol. The lowest BCUT2D eigenvalue weighted by molar-refractivity contribution is 0.0998. The lowest BCUT2D eigenvalue weighted by Gasteiger charge is -2.36. The van der Waals surface area contributed by atoms with Gasteiger partial charge in [0.15, 0.2) is 8.32 Å². The monoisotopic (exact) mass is 296 g/mol. The Morgan fingerprint density at radius 3 is 2.50 bits per heavy atom. The number of hydrogen-bond acceptors (Lipinski definition) is 3. The van der Waals surface area contributed by atoms with Crippen LogP contribution in [0.15, 0.2) is 23.1 Å². The molecule has 6 heteroatoms. The van der Waals surface area contributed by atoms with Crippen molar-refractivity contribution in [1.29, 1.82) is 0 Å². The summed E-state index contributed by atoms with van der Waals surface area (Å²) in [5.74, 6) is -0.699. The van der Waals surface area contributed by atoms with Crippen LogP contribution in [0.4, 0.5) is 0 Å². The number of nitrogens with two attached hydrogens (primary N) is 1. The highest BCUT2D eigenvalue weighted by Crippen LogP contribution is 2.36. The van der Waals surface area contributed by atoms with E-state index in [1.165, 1.54) is 10.6 Å². The summed E-state index contributed by atoms with van der Waals surface area (Å²) < 4.78 is 7.48. The third-order valence-electron chi connectivity index (χ3n) is 3.89. The molecule has 0 bridgehead atoms. The van der Waals surface area contributed by atoms with Gasteiger partial charge in [-0.1, -0.05) is 20.8 Å². The second-order valence-electron chi connectivity index (χ2n) is 6.39. The van der Waals surface area contributed by atoms with Crippen molar-refractivity contribution in [2.45, 2.75) is 45.4 Å². The first-order valence-electron chi connectivity index (χ1n) is 6.69. The zero-order valence-corrected chi connectivity index (χ0v) is 13.9. The smallest absolute Gasteiger partial charge is 0.263 e. The number of primary amides is 1. The van der Waals surface area contributed by atoms with Gasteiger partial charge in [-0.25, -0.2) is 0 Å². The highest BCUT2D eigenvalue weighted by atomic mass is 28.4. The van der Waals surface area contributed by atoms with E-state index in [2.05, 4.69) is 33.9 Å². The number of aromatic nitrogens is 1. The van der Waals surface area contributed by atoms with Crippen LogP contribution in [0.5, 0.6) is 0 Å². The van der Waals surface area contributed by atoms with E-state index in [1.54, 1.807) is 12.3 Å². The minimum atomic E-state index is -1.82. The van der Waals surface area contributed by atoms with Gasteiger partial charge in [0, 0.05) is 12.7 Å². The molecule has 0 spiro atoms. The van der Waals surface area contributed by atoms with E-state index < -0.39 is 14.2 Å². The first-order valence-corrected chi connectivity index (χ1v) is 9.60. The van der Waals surface area contributed by atoms with Gasteiger partial charge in [0.05, 0.1) is 6.61 Å². The SMILES string of the molecule is CC(C)(C)[Si](C)(C)OCCn1cccc(C(N)=O)c1=O. The van der Waals surface area contributed by atoms with E-state index in [4.69, 9.17) is 10.2 Å². The first-order chi connectivity index (χ1) is 9.06. The van der Waals surface area contributed by atoms with Gasteiger partial charge >= 0.3 is 0 Å². The summed E-state index contributed by atoms with van der Waals surface area (Å²) in [6.07, 6.45) is 1.64. The summed E-state index contributed by atoms with van der Waals surface area (Å²) in [4.78, 5) is 23.1. The van der Waals surface area contributed by atoms with E-state index in [1.807, 2.05) is 0 Å². The van der Waals surface area contributed by atoms with E-state index in [9.17, 15) is 9.59 Å². The molecule has 0 saturated carbocycles. The molecule has 1 aromatic rings. The Labute approximate surface area is 120 Å². The van der Waals surface area contributed by atoms with Crippen molar-refractivity contribution in [2.24, 2.45) is 5.73 Å². The summed E-state index contributed by atoms with van der Waals surface area (Å²) in [6.45, 7) is 11.7. The van der Waals surface area contributed by atoms with Gasteiger partial charge in [-0.2, -0.15) is 0 Å². The number of hydrogen-bond donors (Lipinski definition) is 1. The van der Waals surface area contributed by atoms with Crippen molar-refractivity contribution >= 4 is 14.2 Å². The van der Waals surface area contributed by atoms with Gasteiger partial charge in [-0.05, 0) is 30.3 Å². The average Bonchev–Trinajstić information content (AvgIpc) is 2.29. The molecule has 1 amide bonds. The fraction of sp³-hybridized carbons (Fsp3) is 0.571. The normalized spacial score (nSPS) is 12.4. The van der Waals surface area contributed by atoms with Gasteiger partial charge < -0.3 is 14.7 Å². The number of carbonyl (C=O) groups is 1. The lowest BCUT2D eigenvalue weighted by Crippen LogP contribution is -2.42. The van der Waals surface area contributed by atoms with Crippen LogP contribution in [-0.2, 0) is 11.0 Å². The maximum absolute atomic E-state index is 12.0. The molecule has 0 aliphatic rings. The largest absolute Gasteiger partial charge is 0.415 e. The van der Waals surface area contributed by atoms with Gasteiger partial charge in [0.2, 0.25) is 0 Å². The molecule has 1 rings (SSSR count). The molecule has 0 aliphatic carbocycles. The Balaban J connectivity index is 2.76. The highest BCUT2D eigenvalue weighted by Gasteiger charge is 2.36. The molecular formula is C14H24N2O3Si. The van der Waals surface area contributed by atoms with Crippen LogP contribution in [0.25, 0.3) is 0 Å². The van der Waals surface area contributed by atoms with Crippen molar-refractivity contribution in [2.75, 3.05) is 6.61 Å². The van der Waals surface area contributed by atoms with Crippen molar-refractivity contribution in [3.8, 4) is 0 Å². The van der Waals surface area contributed by atoms with E-state index in [0.29, 0.717) is 13.2 Å². The minimum Gasteiger partial charge on any atom is -0.415 e. The number of carbonyl (C=O) groups excluding carboxylic acids is 1. The number of pyridine rings is 1. The molecule has 0 radical (unpaired) electrons. The van der Waals surface area contributed by atoms with Crippen LogP contribution in [-0.4, -0.2) is 25.4 Å². The molecule has 112 valence electrons. The zero-order chi connectivity index (χ0) is 15.6. The first kappa shape index (κ1) is 16.7. The molecule has 1 aromatic heterocycles. The van der Waals surface area contributed by atoms with Crippen LogP contribution in [0, 0.1) is 0 Å². The molecule has 2 N–H and O–H groups in total. The van der Waals surface area contributed by atoms with Crippen LogP contribution in [0.3, 0.4) is 0 Å². The number of nitrogens with zero attached hydrogens (tertiary/aromatic N) is 1. The molecule has 0 unspecified atom stereocenters. The topological polar surface area (TPSA) is 74.3 Å². The maximum atomic E-state index is 12.0. The van der Waals surface area contributed by atoms with Gasteiger partial charge in [0.1, 0.15) is 5.56 Å². The molecule has 0 aliphatic heterocycles. The van der Waals surface area contributed by atoms with Crippen molar-refractivity contribution in [3.63, 3.8) is 0 Å². The fourth-order valence-corrected chi connectivity index (χ4v) is 2.55. The van der Waals surface area contributed by atoms with Crippen molar-refractivity contribution in [1.82, 2.24) is 4.57 Å². The molecule has 1 heterocycles. The maximum Gasteiger partial charge on any atom is 0.263 e. The van der Waals surface area contributed by atoms with Crippen LogP contribution in [0.1, 0.15) is 31.1 Å². The lowest BCUT2D eigenvalue weighted by atomic mass is 10.2. The predicted molar refractivity (Wildman–Crippen MR) is 82.4 cm³/mol.